The molecule has 0 bridgehead atoms. The minimum Gasteiger partial charge on any atom is -0.308 e. The zero-order valence-electron chi connectivity index (χ0n) is 10.2. The number of nitrogens with one attached hydrogen (secondary N) is 1. The van der Waals surface area contributed by atoms with Crippen LogP contribution in [0.5, 0.6) is 0 Å². The van der Waals surface area contributed by atoms with Crippen LogP contribution in [0.3, 0.4) is 0 Å². The summed E-state index contributed by atoms with van der Waals surface area (Å²) in [7, 11) is 0. The third kappa shape index (κ3) is 2.04. The molecule has 0 aliphatic rings. The predicted octanol–water partition coefficient (Wildman–Crippen LogP) is 1.24. The number of rotatable bonds is 3. The fourth-order valence-electron chi connectivity index (χ4n) is 1.71. The Morgan fingerprint density at radius 3 is 2.75 bits per heavy atom. The minimum atomic E-state index is 0.436. The van der Waals surface area contributed by atoms with Crippen molar-refractivity contribution in [3.8, 4) is 0 Å². The lowest BCUT2D eigenvalue weighted by Gasteiger charge is -2.07. The summed E-state index contributed by atoms with van der Waals surface area (Å²) in [6.07, 6.45) is 0. The van der Waals surface area contributed by atoms with Crippen LogP contribution in [0.25, 0.3) is 5.78 Å². The number of nitrogens with zero attached hydrogens (tertiary/aromatic N) is 4. The van der Waals surface area contributed by atoms with Gasteiger partial charge in [-0.05, 0) is 19.9 Å². The average molecular weight is 219 g/mol. The molecular weight excluding hydrogens is 202 g/mol. The zero-order chi connectivity index (χ0) is 11.7. The molecule has 0 saturated carbocycles. The maximum absolute atomic E-state index is 4.35. The predicted molar refractivity (Wildman–Crippen MR) is 62.2 cm³/mol. The topological polar surface area (TPSA) is 55.1 Å². The molecule has 0 saturated heterocycles. The van der Waals surface area contributed by atoms with Gasteiger partial charge in [-0.1, -0.05) is 13.8 Å². The van der Waals surface area contributed by atoms with Gasteiger partial charge in [0.2, 0.25) is 0 Å². The molecule has 0 amide bonds. The SMILES string of the molecule is Cc1cc(C)n2c(CNC(C)C)nnc2n1. The molecule has 0 aliphatic heterocycles. The minimum absolute atomic E-state index is 0.436. The van der Waals surface area contributed by atoms with Crippen molar-refractivity contribution in [3.63, 3.8) is 0 Å². The Labute approximate surface area is 94.9 Å². The summed E-state index contributed by atoms with van der Waals surface area (Å²) in [6, 6.07) is 2.47. The maximum Gasteiger partial charge on any atom is 0.255 e. The van der Waals surface area contributed by atoms with Gasteiger partial charge in [-0.3, -0.25) is 4.40 Å². The van der Waals surface area contributed by atoms with Crippen molar-refractivity contribution in [2.24, 2.45) is 0 Å². The van der Waals surface area contributed by atoms with E-state index < -0.39 is 0 Å². The van der Waals surface area contributed by atoms with Crippen molar-refractivity contribution in [2.75, 3.05) is 0 Å². The third-order valence-corrected chi connectivity index (χ3v) is 2.43. The molecule has 0 radical (unpaired) electrons. The highest BCUT2D eigenvalue weighted by molar-refractivity contribution is 5.32. The van der Waals surface area contributed by atoms with Gasteiger partial charge in [0.15, 0.2) is 5.82 Å². The van der Waals surface area contributed by atoms with Crippen LogP contribution in [-0.4, -0.2) is 25.6 Å². The van der Waals surface area contributed by atoms with Crippen LogP contribution < -0.4 is 5.32 Å². The molecule has 2 heterocycles. The Morgan fingerprint density at radius 2 is 2.06 bits per heavy atom. The first-order valence-electron chi connectivity index (χ1n) is 5.49. The van der Waals surface area contributed by atoms with E-state index in [0.717, 1.165) is 17.2 Å². The number of aryl methyl sites for hydroxylation is 2. The Bertz CT molecular complexity index is 500. The van der Waals surface area contributed by atoms with Crippen LogP contribution in [-0.2, 0) is 6.54 Å². The average Bonchev–Trinajstić information content (AvgIpc) is 2.57. The molecule has 0 fully saturated rings. The molecule has 0 spiro atoms. The molecule has 0 aromatic carbocycles. The van der Waals surface area contributed by atoms with Crippen LogP contribution in [0.4, 0.5) is 0 Å². The lowest BCUT2D eigenvalue weighted by Crippen LogP contribution is -2.23. The molecule has 5 heteroatoms. The number of fused-ring (bicyclic) bond motifs is 1. The molecular formula is C11H17N5. The van der Waals surface area contributed by atoms with E-state index in [1.807, 2.05) is 24.3 Å². The van der Waals surface area contributed by atoms with E-state index in [1.165, 1.54) is 0 Å². The summed E-state index contributed by atoms with van der Waals surface area (Å²) in [5, 5.41) is 11.6. The molecule has 2 aromatic heterocycles. The fraction of sp³-hybridized carbons (Fsp3) is 0.545. The van der Waals surface area contributed by atoms with Crippen LogP contribution >= 0.6 is 0 Å². The first-order chi connectivity index (χ1) is 7.58. The van der Waals surface area contributed by atoms with Crippen molar-refractivity contribution in [3.05, 3.63) is 23.3 Å². The van der Waals surface area contributed by atoms with E-state index in [2.05, 4.69) is 34.3 Å². The Balaban J connectivity index is 2.40. The van der Waals surface area contributed by atoms with E-state index in [-0.39, 0.29) is 0 Å². The number of hydrogen-bond acceptors (Lipinski definition) is 4. The van der Waals surface area contributed by atoms with Gasteiger partial charge in [0, 0.05) is 17.4 Å². The molecule has 0 aliphatic carbocycles. The summed E-state index contributed by atoms with van der Waals surface area (Å²) in [5.41, 5.74) is 2.09. The van der Waals surface area contributed by atoms with Gasteiger partial charge in [0.1, 0.15) is 0 Å². The van der Waals surface area contributed by atoms with Gasteiger partial charge in [0.05, 0.1) is 6.54 Å². The Hall–Kier alpha value is -1.49. The molecule has 0 unspecified atom stereocenters. The summed E-state index contributed by atoms with van der Waals surface area (Å²) in [5.74, 6) is 1.59. The monoisotopic (exact) mass is 219 g/mol. The second-order valence-electron chi connectivity index (χ2n) is 4.33. The van der Waals surface area contributed by atoms with Gasteiger partial charge >= 0.3 is 0 Å². The summed E-state index contributed by atoms with van der Waals surface area (Å²) in [4.78, 5) is 4.35. The largest absolute Gasteiger partial charge is 0.308 e. The van der Waals surface area contributed by atoms with E-state index >= 15 is 0 Å². The van der Waals surface area contributed by atoms with Gasteiger partial charge < -0.3 is 5.32 Å². The second kappa shape index (κ2) is 4.17. The lowest BCUT2D eigenvalue weighted by atomic mass is 10.3. The van der Waals surface area contributed by atoms with E-state index in [1.54, 1.807) is 0 Å². The van der Waals surface area contributed by atoms with Crippen molar-refractivity contribution in [1.29, 1.82) is 0 Å². The highest BCUT2D eigenvalue weighted by atomic mass is 15.3. The van der Waals surface area contributed by atoms with Crippen LogP contribution in [0.15, 0.2) is 6.07 Å². The fourth-order valence-corrected chi connectivity index (χ4v) is 1.71. The van der Waals surface area contributed by atoms with Gasteiger partial charge in [-0.25, -0.2) is 4.98 Å². The third-order valence-electron chi connectivity index (χ3n) is 2.43. The first kappa shape index (κ1) is 11.0. The number of aromatic nitrogens is 4. The van der Waals surface area contributed by atoms with E-state index in [9.17, 15) is 0 Å². The van der Waals surface area contributed by atoms with Crippen LogP contribution in [0.2, 0.25) is 0 Å². The van der Waals surface area contributed by atoms with E-state index in [0.29, 0.717) is 18.4 Å². The first-order valence-corrected chi connectivity index (χ1v) is 5.49. The quantitative estimate of drug-likeness (QED) is 0.843. The summed E-state index contributed by atoms with van der Waals surface area (Å²) >= 11 is 0. The van der Waals surface area contributed by atoms with Crippen LogP contribution in [0.1, 0.15) is 31.1 Å². The molecule has 1 N–H and O–H groups in total. The zero-order valence-corrected chi connectivity index (χ0v) is 10.2. The summed E-state index contributed by atoms with van der Waals surface area (Å²) < 4.78 is 1.99. The van der Waals surface area contributed by atoms with Gasteiger partial charge in [-0.2, -0.15) is 0 Å². The standard InChI is InChI=1S/C11H17N5/c1-7(2)12-6-10-14-15-11-13-8(3)5-9(4)16(10)11/h5,7,12H,6H2,1-4H3. The number of hydrogen-bond donors (Lipinski definition) is 1. The maximum atomic E-state index is 4.35. The summed E-state index contributed by atoms with van der Waals surface area (Å²) in [6.45, 7) is 8.94. The smallest absolute Gasteiger partial charge is 0.255 e. The van der Waals surface area contributed by atoms with Crippen molar-refractivity contribution in [2.45, 2.75) is 40.3 Å². The van der Waals surface area contributed by atoms with Crippen molar-refractivity contribution < 1.29 is 0 Å². The highest BCUT2D eigenvalue weighted by Gasteiger charge is 2.09. The van der Waals surface area contributed by atoms with Crippen molar-refractivity contribution >= 4 is 5.78 Å². The van der Waals surface area contributed by atoms with Gasteiger partial charge in [-0.15, -0.1) is 10.2 Å². The molecule has 86 valence electrons. The highest BCUT2D eigenvalue weighted by Crippen LogP contribution is 2.07. The normalized spacial score (nSPS) is 11.6. The Kier molecular flexibility index (Phi) is 2.87. The van der Waals surface area contributed by atoms with Gasteiger partial charge in [0.25, 0.3) is 5.78 Å². The Morgan fingerprint density at radius 1 is 1.31 bits per heavy atom. The second-order valence-corrected chi connectivity index (χ2v) is 4.33. The van der Waals surface area contributed by atoms with Crippen molar-refractivity contribution in [1.82, 2.24) is 24.9 Å². The van der Waals surface area contributed by atoms with Crippen LogP contribution in [0, 0.1) is 13.8 Å². The molecule has 2 rings (SSSR count). The molecule has 2 aromatic rings. The molecule has 5 nitrogen and oxygen atoms in total. The molecule has 16 heavy (non-hydrogen) atoms. The molecule has 0 atom stereocenters. The van der Waals surface area contributed by atoms with E-state index in [4.69, 9.17) is 0 Å². The lowest BCUT2D eigenvalue weighted by molar-refractivity contribution is 0.568.